The zero-order chi connectivity index (χ0) is 18.0. The number of thiophene rings is 1. The van der Waals surface area contributed by atoms with Crippen LogP contribution < -0.4 is 10.6 Å². The van der Waals surface area contributed by atoms with E-state index in [9.17, 15) is 0 Å². The van der Waals surface area contributed by atoms with Crippen LogP contribution in [-0.2, 0) is 17.6 Å². The number of halogens is 1. The fourth-order valence-electron chi connectivity index (χ4n) is 3.00. The lowest BCUT2D eigenvalue weighted by Gasteiger charge is -2.16. The fraction of sp³-hybridized carbons (Fsp3) is 0.550. The van der Waals surface area contributed by atoms with Gasteiger partial charge in [-0.1, -0.05) is 13.0 Å². The summed E-state index contributed by atoms with van der Waals surface area (Å²) in [6.45, 7) is 6.51. The Kier molecular flexibility index (Phi) is 10.2. The highest BCUT2D eigenvalue weighted by Crippen LogP contribution is 2.14. The average molecular weight is 503 g/mol. The van der Waals surface area contributed by atoms with Crippen molar-refractivity contribution in [3.8, 4) is 0 Å². The zero-order valence-electron chi connectivity index (χ0n) is 15.9. The minimum Gasteiger partial charge on any atom is -0.469 e. The Morgan fingerprint density at radius 1 is 1.33 bits per heavy atom. The normalized spacial score (nSPS) is 18.1. The number of nitrogens with zero attached hydrogens (tertiary/aromatic N) is 1. The van der Waals surface area contributed by atoms with Gasteiger partial charge in [0.15, 0.2) is 5.96 Å². The van der Waals surface area contributed by atoms with Crippen molar-refractivity contribution in [2.24, 2.45) is 16.8 Å². The Morgan fingerprint density at radius 2 is 2.26 bits per heavy atom. The summed E-state index contributed by atoms with van der Waals surface area (Å²) in [5, 5.41) is 9.06. The number of guanidine groups is 1. The lowest BCUT2D eigenvalue weighted by Crippen LogP contribution is -2.41. The first kappa shape index (κ1) is 22.2. The van der Waals surface area contributed by atoms with Crippen LogP contribution in [0.25, 0.3) is 0 Å². The molecule has 3 heterocycles. The molecule has 2 atom stereocenters. The van der Waals surface area contributed by atoms with Crippen molar-refractivity contribution in [2.45, 2.75) is 26.2 Å². The van der Waals surface area contributed by atoms with Gasteiger partial charge in [0.05, 0.1) is 12.9 Å². The monoisotopic (exact) mass is 503 g/mol. The summed E-state index contributed by atoms with van der Waals surface area (Å²) in [5.41, 5.74) is 0. The Balaban J connectivity index is 0.00000261. The molecule has 0 aromatic carbocycles. The van der Waals surface area contributed by atoms with Gasteiger partial charge >= 0.3 is 0 Å². The second kappa shape index (κ2) is 12.4. The van der Waals surface area contributed by atoms with Crippen molar-refractivity contribution in [1.29, 1.82) is 0 Å². The van der Waals surface area contributed by atoms with Crippen LogP contribution in [0.5, 0.6) is 0 Å². The van der Waals surface area contributed by atoms with Crippen LogP contribution in [0.4, 0.5) is 0 Å². The summed E-state index contributed by atoms with van der Waals surface area (Å²) in [6, 6.07) is 8.24. The van der Waals surface area contributed by atoms with Gasteiger partial charge in [0, 0.05) is 43.5 Å². The Labute approximate surface area is 183 Å². The van der Waals surface area contributed by atoms with Crippen LogP contribution in [0, 0.1) is 11.8 Å². The second-order valence-electron chi connectivity index (χ2n) is 6.94. The molecule has 0 amide bonds. The third kappa shape index (κ3) is 8.23. The molecular formula is C20H30IN3O2S. The van der Waals surface area contributed by atoms with Crippen LogP contribution >= 0.6 is 35.3 Å². The lowest BCUT2D eigenvalue weighted by atomic mass is 10.1. The molecule has 1 fully saturated rings. The van der Waals surface area contributed by atoms with Gasteiger partial charge in [-0.25, -0.2) is 0 Å². The van der Waals surface area contributed by atoms with Crippen LogP contribution in [0.1, 0.15) is 24.0 Å². The molecule has 0 saturated carbocycles. The minimum atomic E-state index is 0. The van der Waals surface area contributed by atoms with Crippen LogP contribution in [-0.4, -0.2) is 38.8 Å². The van der Waals surface area contributed by atoms with E-state index in [-0.39, 0.29) is 24.0 Å². The topological polar surface area (TPSA) is 58.8 Å². The van der Waals surface area contributed by atoms with Crippen molar-refractivity contribution in [1.82, 2.24) is 10.6 Å². The van der Waals surface area contributed by atoms with Crippen LogP contribution in [0.2, 0.25) is 0 Å². The molecule has 0 spiro atoms. The maximum absolute atomic E-state index is 5.46. The molecule has 0 aliphatic carbocycles. The van der Waals surface area contributed by atoms with Gasteiger partial charge in [0.1, 0.15) is 5.76 Å². The molecule has 27 heavy (non-hydrogen) atoms. The smallest absolute Gasteiger partial charge is 0.191 e. The molecule has 1 aliphatic rings. The van der Waals surface area contributed by atoms with Gasteiger partial charge in [0.25, 0.3) is 0 Å². The molecule has 7 heteroatoms. The van der Waals surface area contributed by atoms with E-state index >= 15 is 0 Å². The molecule has 2 aromatic heterocycles. The van der Waals surface area contributed by atoms with E-state index in [0.29, 0.717) is 11.8 Å². The number of rotatable bonds is 9. The molecule has 150 valence electrons. The number of hydrogen-bond donors (Lipinski definition) is 2. The van der Waals surface area contributed by atoms with E-state index in [0.717, 1.165) is 63.8 Å². The summed E-state index contributed by atoms with van der Waals surface area (Å²) >= 11 is 1.82. The van der Waals surface area contributed by atoms with Gasteiger partial charge in [0.2, 0.25) is 0 Å². The highest BCUT2D eigenvalue weighted by molar-refractivity contribution is 14.0. The number of aliphatic imine (C=N–C) groups is 1. The zero-order valence-corrected chi connectivity index (χ0v) is 19.0. The molecule has 5 nitrogen and oxygen atoms in total. The van der Waals surface area contributed by atoms with Crippen LogP contribution in [0.15, 0.2) is 45.3 Å². The molecular weight excluding hydrogens is 473 g/mol. The maximum atomic E-state index is 5.46. The van der Waals surface area contributed by atoms with Gasteiger partial charge in [-0.2, -0.15) is 0 Å². The summed E-state index contributed by atoms with van der Waals surface area (Å²) < 4.78 is 10.9. The van der Waals surface area contributed by atoms with Crippen molar-refractivity contribution in [3.05, 3.63) is 46.5 Å². The minimum absolute atomic E-state index is 0. The van der Waals surface area contributed by atoms with Gasteiger partial charge in [-0.3, -0.25) is 4.99 Å². The quantitative estimate of drug-likeness (QED) is 0.309. The summed E-state index contributed by atoms with van der Waals surface area (Å²) in [6.07, 6.45) is 4.78. The Hall–Kier alpha value is -1.06. The summed E-state index contributed by atoms with van der Waals surface area (Å²) in [7, 11) is 0. The standard InChI is InChI=1S/C20H29N3O2S.HI/c1-16(12-19-5-3-11-26-19)13-22-20(23-14-17-7-10-24-15-17)21-8-6-18-4-2-9-25-18;/h2-5,9,11,16-17H,6-8,10,12-15H2,1H3,(H2,21,22,23);1H. The molecule has 0 radical (unpaired) electrons. The van der Waals surface area contributed by atoms with Crippen molar-refractivity contribution < 1.29 is 9.15 Å². The largest absolute Gasteiger partial charge is 0.469 e. The first-order valence-electron chi connectivity index (χ1n) is 9.44. The predicted octanol–water partition coefficient (Wildman–Crippen LogP) is 3.95. The Bertz CT molecular complexity index is 640. The molecule has 0 bridgehead atoms. The SMILES string of the molecule is CC(CN=C(NCCc1ccco1)NCC1CCOC1)Cc1cccs1.I. The van der Waals surface area contributed by atoms with Crippen molar-refractivity contribution in [2.75, 3.05) is 32.8 Å². The molecule has 1 aliphatic heterocycles. The maximum Gasteiger partial charge on any atom is 0.191 e. The number of hydrogen-bond acceptors (Lipinski definition) is 4. The fourth-order valence-corrected chi connectivity index (χ4v) is 3.87. The number of nitrogens with one attached hydrogen (secondary N) is 2. The first-order chi connectivity index (χ1) is 12.8. The van der Waals surface area contributed by atoms with E-state index in [1.807, 2.05) is 23.5 Å². The molecule has 2 N–H and O–H groups in total. The van der Waals surface area contributed by atoms with Gasteiger partial charge in [-0.15, -0.1) is 35.3 Å². The molecule has 1 saturated heterocycles. The molecule has 2 unspecified atom stereocenters. The van der Waals surface area contributed by atoms with E-state index < -0.39 is 0 Å². The third-order valence-corrected chi connectivity index (χ3v) is 5.42. The first-order valence-corrected chi connectivity index (χ1v) is 10.3. The number of ether oxygens (including phenoxy) is 1. The summed E-state index contributed by atoms with van der Waals surface area (Å²) in [4.78, 5) is 6.24. The Morgan fingerprint density at radius 3 is 2.96 bits per heavy atom. The molecule has 2 aromatic rings. The van der Waals surface area contributed by atoms with Gasteiger partial charge in [-0.05, 0) is 42.3 Å². The lowest BCUT2D eigenvalue weighted by molar-refractivity contribution is 0.186. The van der Waals surface area contributed by atoms with Crippen molar-refractivity contribution in [3.63, 3.8) is 0 Å². The highest BCUT2D eigenvalue weighted by Gasteiger charge is 2.16. The summed E-state index contributed by atoms with van der Waals surface area (Å²) in [5.74, 6) is 2.98. The van der Waals surface area contributed by atoms with E-state index in [1.165, 1.54) is 4.88 Å². The highest BCUT2D eigenvalue weighted by atomic mass is 127. The number of furan rings is 1. The van der Waals surface area contributed by atoms with E-state index in [2.05, 4.69) is 35.1 Å². The van der Waals surface area contributed by atoms with Gasteiger partial charge < -0.3 is 19.8 Å². The van der Waals surface area contributed by atoms with Crippen molar-refractivity contribution >= 4 is 41.3 Å². The van der Waals surface area contributed by atoms with E-state index in [4.69, 9.17) is 14.1 Å². The predicted molar refractivity (Wildman–Crippen MR) is 122 cm³/mol. The average Bonchev–Trinajstić information content (AvgIpc) is 3.40. The third-order valence-electron chi connectivity index (χ3n) is 4.52. The molecule has 3 rings (SSSR count). The second-order valence-corrected chi connectivity index (χ2v) is 7.98. The van der Waals surface area contributed by atoms with Crippen LogP contribution in [0.3, 0.4) is 0 Å². The van der Waals surface area contributed by atoms with E-state index in [1.54, 1.807) is 6.26 Å².